The Kier molecular flexibility index (Phi) is 2.89. The number of fused-ring (bicyclic) bond motifs is 1. The lowest BCUT2D eigenvalue weighted by molar-refractivity contribution is 0.266. The third-order valence-electron chi connectivity index (χ3n) is 2.69. The fourth-order valence-electron chi connectivity index (χ4n) is 1.85. The van der Waals surface area contributed by atoms with Crippen LogP contribution in [0.15, 0.2) is 18.6 Å². The second-order valence-electron chi connectivity index (χ2n) is 5.19. The number of aliphatic hydroxyl groups excluding tert-OH is 1. The minimum Gasteiger partial charge on any atom is -0.394 e. The molecule has 2 aromatic rings. The van der Waals surface area contributed by atoms with Crippen LogP contribution in [0.3, 0.4) is 0 Å². The molecule has 2 aromatic heterocycles. The fraction of sp³-hybridized carbons (Fsp3) is 0.500. The monoisotopic (exact) mass is 234 g/mol. The number of nitrogens with zero attached hydrogens (tertiary/aromatic N) is 3. The summed E-state index contributed by atoms with van der Waals surface area (Å²) in [6.45, 7) is 6.16. The SMILES string of the molecule is CC(C)(C)c1nc(C(N)CO)c2cnccn12. The molecule has 0 bridgehead atoms. The Hall–Kier alpha value is -1.46. The molecule has 17 heavy (non-hydrogen) atoms. The van der Waals surface area contributed by atoms with Crippen molar-refractivity contribution < 1.29 is 5.11 Å². The van der Waals surface area contributed by atoms with Gasteiger partial charge >= 0.3 is 0 Å². The van der Waals surface area contributed by atoms with Crippen LogP contribution in [0.5, 0.6) is 0 Å². The minimum absolute atomic E-state index is 0.0856. The molecule has 0 amide bonds. The lowest BCUT2D eigenvalue weighted by atomic mass is 9.96. The molecule has 1 atom stereocenters. The van der Waals surface area contributed by atoms with Gasteiger partial charge in [-0.05, 0) is 0 Å². The van der Waals surface area contributed by atoms with Crippen molar-refractivity contribution in [1.29, 1.82) is 0 Å². The highest BCUT2D eigenvalue weighted by Gasteiger charge is 2.24. The van der Waals surface area contributed by atoms with E-state index in [-0.39, 0.29) is 12.0 Å². The first-order chi connectivity index (χ1) is 7.95. The average Bonchev–Trinajstić information content (AvgIpc) is 2.67. The van der Waals surface area contributed by atoms with E-state index in [4.69, 9.17) is 10.8 Å². The van der Waals surface area contributed by atoms with E-state index in [1.807, 2.05) is 10.6 Å². The van der Waals surface area contributed by atoms with Crippen LogP contribution in [0.1, 0.15) is 38.3 Å². The molecule has 0 spiro atoms. The second-order valence-corrected chi connectivity index (χ2v) is 5.19. The molecule has 0 saturated carbocycles. The highest BCUT2D eigenvalue weighted by atomic mass is 16.3. The molecule has 0 aromatic carbocycles. The number of imidazole rings is 1. The maximum Gasteiger partial charge on any atom is 0.119 e. The highest BCUT2D eigenvalue weighted by molar-refractivity contribution is 5.53. The maximum atomic E-state index is 9.17. The van der Waals surface area contributed by atoms with Gasteiger partial charge < -0.3 is 10.8 Å². The summed E-state index contributed by atoms with van der Waals surface area (Å²) < 4.78 is 1.98. The Morgan fingerprint density at radius 1 is 1.47 bits per heavy atom. The van der Waals surface area contributed by atoms with Gasteiger partial charge in [-0.15, -0.1) is 0 Å². The highest BCUT2D eigenvalue weighted by Crippen LogP contribution is 2.26. The molecule has 0 aliphatic rings. The van der Waals surface area contributed by atoms with E-state index in [1.165, 1.54) is 0 Å². The largest absolute Gasteiger partial charge is 0.394 e. The molecule has 0 fully saturated rings. The van der Waals surface area contributed by atoms with E-state index in [0.717, 1.165) is 11.3 Å². The molecule has 5 nitrogen and oxygen atoms in total. The van der Waals surface area contributed by atoms with Crippen LogP contribution in [0.25, 0.3) is 5.52 Å². The summed E-state index contributed by atoms with van der Waals surface area (Å²) in [4.78, 5) is 8.66. The molecule has 1 unspecified atom stereocenters. The van der Waals surface area contributed by atoms with Crippen molar-refractivity contribution in [3.63, 3.8) is 0 Å². The quantitative estimate of drug-likeness (QED) is 0.813. The summed E-state index contributed by atoms with van der Waals surface area (Å²) >= 11 is 0. The van der Waals surface area contributed by atoms with Crippen LogP contribution in [0.4, 0.5) is 0 Å². The molecule has 3 N–H and O–H groups in total. The van der Waals surface area contributed by atoms with Crippen molar-refractivity contribution in [1.82, 2.24) is 14.4 Å². The smallest absolute Gasteiger partial charge is 0.119 e. The van der Waals surface area contributed by atoms with Gasteiger partial charge in [0, 0.05) is 17.8 Å². The third-order valence-corrected chi connectivity index (χ3v) is 2.69. The van der Waals surface area contributed by atoms with Crippen LogP contribution < -0.4 is 5.73 Å². The molecule has 5 heteroatoms. The first kappa shape index (κ1) is 12.0. The van der Waals surface area contributed by atoms with Crippen LogP contribution in [0.2, 0.25) is 0 Å². The van der Waals surface area contributed by atoms with Crippen LogP contribution >= 0.6 is 0 Å². The molecular weight excluding hydrogens is 216 g/mol. The van der Waals surface area contributed by atoms with Gasteiger partial charge in [-0.3, -0.25) is 9.38 Å². The van der Waals surface area contributed by atoms with Crippen molar-refractivity contribution in [2.75, 3.05) is 6.61 Å². The van der Waals surface area contributed by atoms with Gasteiger partial charge in [0.25, 0.3) is 0 Å². The van der Waals surface area contributed by atoms with Crippen molar-refractivity contribution in [2.24, 2.45) is 5.73 Å². The summed E-state index contributed by atoms with van der Waals surface area (Å²) in [5.74, 6) is 0.925. The molecule has 0 aliphatic carbocycles. The van der Waals surface area contributed by atoms with Crippen LogP contribution in [0, 0.1) is 0 Å². The summed E-state index contributed by atoms with van der Waals surface area (Å²) in [6, 6.07) is -0.467. The average molecular weight is 234 g/mol. The van der Waals surface area contributed by atoms with Crippen LogP contribution in [-0.2, 0) is 5.41 Å². The van der Waals surface area contributed by atoms with Gasteiger partial charge in [-0.25, -0.2) is 4.98 Å². The molecule has 2 heterocycles. The standard InChI is InChI=1S/C12H18N4O/c1-12(2,3)11-15-10(8(13)7-17)9-6-14-4-5-16(9)11/h4-6,8,17H,7,13H2,1-3H3. The van der Waals surface area contributed by atoms with Gasteiger partial charge in [0.1, 0.15) is 5.82 Å². The molecule has 0 saturated heterocycles. The van der Waals surface area contributed by atoms with Gasteiger partial charge in [0.05, 0.1) is 30.1 Å². The van der Waals surface area contributed by atoms with Gasteiger partial charge in [0.2, 0.25) is 0 Å². The predicted molar refractivity (Wildman–Crippen MR) is 65.7 cm³/mol. The van der Waals surface area contributed by atoms with Crippen molar-refractivity contribution in [2.45, 2.75) is 32.2 Å². The summed E-state index contributed by atoms with van der Waals surface area (Å²) in [7, 11) is 0. The summed E-state index contributed by atoms with van der Waals surface area (Å²) in [6.07, 6.45) is 5.32. The molecule has 0 aliphatic heterocycles. The Morgan fingerprint density at radius 3 is 2.76 bits per heavy atom. The molecule has 2 rings (SSSR count). The Bertz CT molecular complexity index is 527. The van der Waals surface area contributed by atoms with E-state index < -0.39 is 6.04 Å². The van der Waals surface area contributed by atoms with Gasteiger partial charge in [-0.2, -0.15) is 0 Å². The number of hydrogen-bond donors (Lipinski definition) is 2. The second kappa shape index (κ2) is 4.09. The zero-order chi connectivity index (χ0) is 12.6. The predicted octanol–water partition coefficient (Wildman–Crippen LogP) is 1.02. The third kappa shape index (κ3) is 2.03. The topological polar surface area (TPSA) is 76.4 Å². The molecule has 0 radical (unpaired) electrons. The lowest BCUT2D eigenvalue weighted by Crippen LogP contribution is -2.17. The number of aromatic nitrogens is 3. The van der Waals surface area contributed by atoms with E-state index in [1.54, 1.807) is 12.4 Å². The Morgan fingerprint density at radius 2 is 2.18 bits per heavy atom. The molecule has 92 valence electrons. The summed E-state index contributed by atoms with van der Waals surface area (Å²) in [5.41, 5.74) is 7.34. The van der Waals surface area contributed by atoms with Crippen molar-refractivity contribution in [3.05, 3.63) is 30.1 Å². The van der Waals surface area contributed by atoms with E-state index >= 15 is 0 Å². The van der Waals surface area contributed by atoms with Gasteiger partial charge in [0.15, 0.2) is 0 Å². The zero-order valence-corrected chi connectivity index (χ0v) is 10.4. The molecular formula is C12H18N4O. The van der Waals surface area contributed by atoms with Crippen LogP contribution in [-0.4, -0.2) is 26.1 Å². The maximum absolute atomic E-state index is 9.17. The number of nitrogens with two attached hydrogens (primary N) is 1. The van der Waals surface area contributed by atoms with E-state index in [9.17, 15) is 0 Å². The number of rotatable bonds is 2. The normalized spacial score (nSPS) is 14.2. The zero-order valence-electron chi connectivity index (χ0n) is 10.4. The summed E-state index contributed by atoms with van der Waals surface area (Å²) in [5, 5.41) is 9.17. The fourth-order valence-corrected chi connectivity index (χ4v) is 1.85. The van der Waals surface area contributed by atoms with Crippen molar-refractivity contribution >= 4 is 5.52 Å². The minimum atomic E-state index is -0.467. The Labute approximate surface area is 100 Å². The lowest BCUT2D eigenvalue weighted by Gasteiger charge is -2.16. The first-order valence-electron chi connectivity index (χ1n) is 5.64. The first-order valence-corrected chi connectivity index (χ1v) is 5.64. The number of aliphatic hydroxyl groups is 1. The van der Waals surface area contributed by atoms with E-state index in [2.05, 4.69) is 30.7 Å². The van der Waals surface area contributed by atoms with E-state index in [0.29, 0.717) is 5.69 Å². The number of hydrogen-bond acceptors (Lipinski definition) is 4. The van der Waals surface area contributed by atoms with Gasteiger partial charge in [-0.1, -0.05) is 20.8 Å². The Balaban J connectivity index is 2.71. The van der Waals surface area contributed by atoms with Crippen molar-refractivity contribution in [3.8, 4) is 0 Å².